The van der Waals surface area contributed by atoms with Crippen LogP contribution in [0.2, 0.25) is 0 Å². The van der Waals surface area contributed by atoms with Crippen LogP contribution in [0.1, 0.15) is 0 Å². The third kappa shape index (κ3) is 6.40. The number of nitrogens with zero attached hydrogens (tertiary/aromatic N) is 1. The van der Waals surface area contributed by atoms with Crippen molar-refractivity contribution >= 4 is 60.2 Å². The smallest absolute Gasteiger partial charge is 0.0468 e. The summed E-state index contributed by atoms with van der Waals surface area (Å²) >= 11 is 0. The van der Waals surface area contributed by atoms with E-state index < -0.39 is 0 Å². The van der Waals surface area contributed by atoms with E-state index in [1.54, 1.807) is 0 Å². The summed E-state index contributed by atoms with van der Waals surface area (Å²) in [6, 6.07) is 86.4. The molecule has 0 N–H and O–H groups in total. The monoisotopic (exact) mass is 749 g/mol. The molecule has 0 fully saturated rings. The van der Waals surface area contributed by atoms with Crippen LogP contribution in [-0.4, -0.2) is 0 Å². The predicted molar refractivity (Wildman–Crippen MR) is 253 cm³/mol. The Labute approximate surface area is 344 Å². The SMILES string of the molecule is c1ccc(-c2cccc(N(c3ccc(-c4ccc5c(ccc6c7ccccc7ccc56)c4)c(-c4ccccc4)c3)c3ccc4ccc(-c5ccccc5)cc4c3)c2)cc1. The molecule has 0 spiro atoms. The predicted octanol–water partition coefficient (Wildman–Crippen LogP) is 16.4. The molecular weight excluding hydrogens is 711 g/mol. The maximum Gasteiger partial charge on any atom is 0.0468 e. The van der Waals surface area contributed by atoms with Crippen molar-refractivity contribution < 1.29 is 0 Å². The van der Waals surface area contributed by atoms with Gasteiger partial charge in [0.15, 0.2) is 0 Å². The summed E-state index contributed by atoms with van der Waals surface area (Å²) in [5.41, 5.74) is 12.8. The van der Waals surface area contributed by atoms with Gasteiger partial charge in [0.2, 0.25) is 0 Å². The number of fused-ring (bicyclic) bond motifs is 6. The van der Waals surface area contributed by atoms with E-state index in [9.17, 15) is 0 Å². The Balaban J connectivity index is 1.09. The molecule has 0 bridgehead atoms. The maximum atomic E-state index is 2.41. The lowest BCUT2D eigenvalue weighted by Gasteiger charge is -2.28. The Hall–Kier alpha value is -7.74. The van der Waals surface area contributed by atoms with Gasteiger partial charge in [-0.1, -0.05) is 188 Å². The van der Waals surface area contributed by atoms with E-state index in [2.05, 4.69) is 241 Å². The number of benzene rings is 11. The van der Waals surface area contributed by atoms with Crippen LogP contribution in [0, 0.1) is 0 Å². The summed E-state index contributed by atoms with van der Waals surface area (Å²) < 4.78 is 0. The number of anilines is 3. The summed E-state index contributed by atoms with van der Waals surface area (Å²) in [7, 11) is 0. The molecule has 0 aliphatic carbocycles. The van der Waals surface area contributed by atoms with Gasteiger partial charge >= 0.3 is 0 Å². The zero-order valence-corrected chi connectivity index (χ0v) is 32.5. The molecule has 59 heavy (non-hydrogen) atoms. The first-order valence-electron chi connectivity index (χ1n) is 20.3. The van der Waals surface area contributed by atoms with Gasteiger partial charge in [0, 0.05) is 17.1 Å². The fourth-order valence-electron chi connectivity index (χ4n) is 8.86. The molecule has 0 aromatic heterocycles. The second-order valence-corrected chi connectivity index (χ2v) is 15.3. The zero-order chi connectivity index (χ0) is 39.1. The molecule has 0 saturated carbocycles. The van der Waals surface area contributed by atoms with E-state index in [0.717, 1.165) is 17.1 Å². The third-order valence-corrected chi connectivity index (χ3v) is 11.8. The van der Waals surface area contributed by atoms with Gasteiger partial charge in [-0.3, -0.25) is 0 Å². The van der Waals surface area contributed by atoms with Crippen molar-refractivity contribution in [3.8, 4) is 44.5 Å². The van der Waals surface area contributed by atoms with E-state index in [-0.39, 0.29) is 0 Å². The van der Waals surface area contributed by atoms with Gasteiger partial charge in [0.25, 0.3) is 0 Å². The standard InChI is InChI=1S/C58H39N/c1-4-13-40(14-5-1)45-20-12-21-50(37-45)59(51-29-25-42-23-24-46(35-49(42)38-51)41-15-6-2-7-16-41)52-30-34-55(58(39-52)43-17-8-3-9-18-43)48-27-31-54-47(36-48)28-33-56-53-22-11-10-19-44(53)26-32-57(54)56/h1-39H. The average molecular weight is 750 g/mol. The molecule has 0 aliphatic heterocycles. The minimum absolute atomic E-state index is 1.09. The molecule has 11 rings (SSSR count). The molecule has 0 unspecified atom stereocenters. The van der Waals surface area contributed by atoms with Crippen LogP contribution in [0.5, 0.6) is 0 Å². The molecule has 11 aromatic carbocycles. The zero-order valence-electron chi connectivity index (χ0n) is 32.5. The summed E-state index contributed by atoms with van der Waals surface area (Å²) in [4.78, 5) is 2.41. The van der Waals surface area contributed by atoms with Crippen molar-refractivity contribution in [3.63, 3.8) is 0 Å². The molecular formula is C58H39N. The lowest BCUT2D eigenvalue weighted by Crippen LogP contribution is -2.10. The largest absolute Gasteiger partial charge is 0.310 e. The fraction of sp³-hybridized carbons (Fsp3) is 0. The van der Waals surface area contributed by atoms with E-state index >= 15 is 0 Å². The quantitative estimate of drug-likeness (QED) is 0.147. The molecule has 1 nitrogen and oxygen atoms in total. The van der Waals surface area contributed by atoms with Crippen LogP contribution < -0.4 is 4.90 Å². The van der Waals surface area contributed by atoms with Gasteiger partial charge in [0.1, 0.15) is 0 Å². The Kier molecular flexibility index (Phi) is 8.56. The van der Waals surface area contributed by atoms with Crippen molar-refractivity contribution in [2.75, 3.05) is 4.90 Å². The first-order valence-corrected chi connectivity index (χ1v) is 20.3. The molecule has 11 aromatic rings. The van der Waals surface area contributed by atoms with Crippen molar-refractivity contribution in [2.24, 2.45) is 0 Å². The molecule has 1 heteroatoms. The highest BCUT2D eigenvalue weighted by Crippen LogP contribution is 2.43. The third-order valence-electron chi connectivity index (χ3n) is 11.8. The van der Waals surface area contributed by atoms with E-state index in [1.807, 2.05) is 0 Å². The van der Waals surface area contributed by atoms with Crippen molar-refractivity contribution in [1.29, 1.82) is 0 Å². The molecule has 0 saturated heterocycles. The van der Waals surface area contributed by atoms with Gasteiger partial charge < -0.3 is 4.90 Å². The minimum Gasteiger partial charge on any atom is -0.310 e. The highest BCUT2D eigenvalue weighted by Gasteiger charge is 2.18. The van der Waals surface area contributed by atoms with E-state index in [0.29, 0.717) is 0 Å². The van der Waals surface area contributed by atoms with Crippen molar-refractivity contribution in [2.45, 2.75) is 0 Å². The Bertz CT molecular complexity index is 3310. The molecule has 0 aliphatic rings. The van der Waals surface area contributed by atoms with Crippen LogP contribution in [0.15, 0.2) is 237 Å². The fourth-order valence-corrected chi connectivity index (χ4v) is 8.86. The van der Waals surface area contributed by atoms with Crippen LogP contribution >= 0.6 is 0 Å². The summed E-state index contributed by atoms with van der Waals surface area (Å²) in [6.45, 7) is 0. The molecule has 276 valence electrons. The van der Waals surface area contributed by atoms with E-state index in [4.69, 9.17) is 0 Å². The van der Waals surface area contributed by atoms with Crippen LogP contribution in [0.25, 0.3) is 87.6 Å². The Morgan fingerprint density at radius 2 is 0.712 bits per heavy atom. The van der Waals surface area contributed by atoms with Crippen molar-refractivity contribution in [1.82, 2.24) is 0 Å². The van der Waals surface area contributed by atoms with Crippen LogP contribution in [-0.2, 0) is 0 Å². The minimum atomic E-state index is 1.09. The topological polar surface area (TPSA) is 3.24 Å². The molecule has 0 atom stereocenters. The van der Waals surface area contributed by atoms with Crippen LogP contribution in [0.3, 0.4) is 0 Å². The van der Waals surface area contributed by atoms with Gasteiger partial charge in [-0.05, 0) is 136 Å². The molecule has 0 amide bonds. The van der Waals surface area contributed by atoms with Crippen molar-refractivity contribution in [3.05, 3.63) is 237 Å². The Morgan fingerprint density at radius 1 is 0.203 bits per heavy atom. The first-order chi connectivity index (χ1) is 29.2. The van der Waals surface area contributed by atoms with Gasteiger partial charge in [-0.15, -0.1) is 0 Å². The van der Waals surface area contributed by atoms with Gasteiger partial charge in [-0.25, -0.2) is 0 Å². The molecule has 0 heterocycles. The summed E-state index contributed by atoms with van der Waals surface area (Å²) in [5.74, 6) is 0. The molecule has 0 radical (unpaired) electrons. The van der Waals surface area contributed by atoms with Crippen LogP contribution in [0.4, 0.5) is 17.1 Å². The average Bonchev–Trinajstić information content (AvgIpc) is 3.32. The van der Waals surface area contributed by atoms with Gasteiger partial charge in [-0.2, -0.15) is 0 Å². The number of hydrogen-bond donors (Lipinski definition) is 0. The van der Waals surface area contributed by atoms with Gasteiger partial charge in [0.05, 0.1) is 0 Å². The highest BCUT2D eigenvalue weighted by molar-refractivity contribution is 6.17. The lowest BCUT2D eigenvalue weighted by molar-refractivity contribution is 1.29. The summed E-state index contributed by atoms with van der Waals surface area (Å²) in [6.07, 6.45) is 0. The second kappa shape index (κ2) is 14.6. The lowest BCUT2D eigenvalue weighted by atomic mass is 9.91. The number of hydrogen-bond acceptors (Lipinski definition) is 1. The Morgan fingerprint density at radius 3 is 1.47 bits per heavy atom. The summed E-state index contributed by atoms with van der Waals surface area (Å²) in [5, 5.41) is 10.0. The van der Waals surface area contributed by atoms with E-state index in [1.165, 1.54) is 87.6 Å². The first kappa shape index (κ1) is 34.5. The number of rotatable bonds is 7. The highest BCUT2D eigenvalue weighted by atomic mass is 15.1. The second-order valence-electron chi connectivity index (χ2n) is 15.3. The maximum absolute atomic E-state index is 2.41. The normalized spacial score (nSPS) is 11.4.